The number of nitrogens with one attached hydrogen (secondary N) is 1. The predicted octanol–water partition coefficient (Wildman–Crippen LogP) is 2.89. The number of methoxy groups -OCH3 is 2. The van der Waals surface area contributed by atoms with Crippen molar-refractivity contribution in [2.45, 2.75) is 63.5 Å². The van der Waals surface area contributed by atoms with Gasteiger partial charge in [0.05, 0.1) is 25.2 Å². The van der Waals surface area contributed by atoms with Crippen LogP contribution in [0.3, 0.4) is 0 Å². The molecule has 1 aliphatic carbocycles. The maximum absolute atomic E-state index is 13.8. The minimum absolute atomic E-state index is 0.0491. The molecule has 2 aliphatic rings. The average Bonchev–Trinajstić information content (AvgIpc) is 2.77. The van der Waals surface area contributed by atoms with Crippen molar-refractivity contribution in [2.24, 2.45) is 5.92 Å². The lowest BCUT2D eigenvalue weighted by Crippen LogP contribution is -2.64. The van der Waals surface area contributed by atoms with Gasteiger partial charge in [-0.05, 0) is 30.4 Å². The van der Waals surface area contributed by atoms with E-state index in [0.717, 1.165) is 37.7 Å². The number of amides is 2. The van der Waals surface area contributed by atoms with E-state index in [1.165, 1.54) is 7.11 Å². The summed E-state index contributed by atoms with van der Waals surface area (Å²) < 4.78 is 10.2. The van der Waals surface area contributed by atoms with Crippen LogP contribution in [0.5, 0.6) is 0 Å². The van der Waals surface area contributed by atoms with E-state index in [1.54, 1.807) is 13.2 Å². The third-order valence-corrected chi connectivity index (χ3v) is 6.74. The van der Waals surface area contributed by atoms with Crippen LogP contribution in [-0.4, -0.2) is 61.6 Å². The Hall–Kier alpha value is -2.41. The largest absolute Gasteiger partial charge is 0.467 e. The molecule has 1 spiro atoms. The molecule has 2 amide bonds. The molecule has 1 unspecified atom stereocenters. The summed E-state index contributed by atoms with van der Waals surface area (Å²) in [6.45, 7) is 4.59. The van der Waals surface area contributed by atoms with Gasteiger partial charge in [-0.1, -0.05) is 51.3 Å². The number of esters is 1. The molecule has 7 nitrogen and oxygen atoms in total. The normalized spacial score (nSPS) is 21.0. The molecule has 7 heteroatoms. The number of nitrogens with zero attached hydrogens (tertiary/aromatic N) is 1. The fourth-order valence-electron chi connectivity index (χ4n) is 5.21. The molecule has 1 saturated carbocycles. The zero-order valence-corrected chi connectivity index (χ0v) is 19.0. The van der Waals surface area contributed by atoms with E-state index in [2.05, 4.69) is 5.32 Å². The molecule has 1 aliphatic heterocycles. The molecule has 0 radical (unpaired) electrons. The lowest BCUT2D eigenvalue weighted by Gasteiger charge is -2.53. The second kappa shape index (κ2) is 9.81. The molecule has 1 aromatic carbocycles. The number of carbonyl (C=O) groups excluding carboxylic acids is 3. The van der Waals surface area contributed by atoms with Gasteiger partial charge in [0.1, 0.15) is 6.04 Å². The van der Waals surface area contributed by atoms with E-state index in [0.29, 0.717) is 18.7 Å². The first-order valence-electron chi connectivity index (χ1n) is 11.2. The topological polar surface area (TPSA) is 84.9 Å². The Labute approximate surface area is 184 Å². The van der Waals surface area contributed by atoms with Crippen LogP contribution in [0.4, 0.5) is 0 Å². The van der Waals surface area contributed by atoms with Gasteiger partial charge in [-0.3, -0.25) is 9.59 Å². The zero-order chi connectivity index (χ0) is 22.6. The van der Waals surface area contributed by atoms with Crippen molar-refractivity contribution in [1.82, 2.24) is 10.2 Å². The van der Waals surface area contributed by atoms with Gasteiger partial charge >= 0.3 is 5.97 Å². The highest BCUT2D eigenvalue weighted by Gasteiger charge is 2.54. The molecule has 1 N–H and O–H groups in total. The summed E-state index contributed by atoms with van der Waals surface area (Å²) in [5, 5.41) is 2.96. The molecule has 170 valence electrons. The van der Waals surface area contributed by atoms with E-state index in [9.17, 15) is 14.4 Å². The Morgan fingerprint density at radius 2 is 1.84 bits per heavy atom. The van der Waals surface area contributed by atoms with Crippen molar-refractivity contribution in [3.8, 4) is 0 Å². The van der Waals surface area contributed by atoms with Crippen LogP contribution in [0.25, 0.3) is 0 Å². The van der Waals surface area contributed by atoms with Gasteiger partial charge in [0.15, 0.2) is 0 Å². The van der Waals surface area contributed by atoms with Gasteiger partial charge in [0, 0.05) is 19.2 Å². The average molecular weight is 431 g/mol. The van der Waals surface area contributed by atoms with Crippen molar-refractivity contribution in [3.05, 3.63) is 35.4 Å². The van der Waals surface area contributed by atoms with Crippen LogP contribution >= 0.6 is 0 Å². The van der Waals surface area contributed by atoms with Crippen molar-refractivity contribution in [3.63, 3.8) is 0 Å². The monoisotopic (exact) mass is 430 g/mol. The van der Waals surface area contributed by atoms with Crippen LogP contribution < -0.4 is 5.32 Å². The minimum Gasteiger partial charge on any atom is -0.467 e. The molecule has 0 bridgehead atoms. The first-order chi connectivity index (χ1) is 14.9. The van der Waals surface area contributed by atoms with E-state index < -0.39 is 23.5 Å². The Kier molecular flexibility index (Phi) is 7.36. The van der Waals surface area contributed by atoms with Crippen molar-refractivity contribution >= 4 is 17.8 Å². The van der Waals surface area contributed by atoms with Gasteiger partial charge in [-0.15, -0.1) is 0 Å². The minimum atomic E-state index is -0.740. The van der Waals surface area contributed by atoms with Crippen molar-refractivity contribution in [2.75, 3.05) is 27.4 Å². The third-order valence-electron chi connectivity index (χ3n) is 6.74. The lowest BCUT2D eigenvalue weighted by molar-refractivity contribution is -0.147. The molecule has 1 aromatic rings. The number of rotatable bonds is 7. The maximum Gasteiger partial charge on any atom is 0.328 e. The molecule has 0 aromatic heterocycles. The predicted molar refractivity (Wildman–Crippen MR) is 117 cm³/mol. The Morgan fingerprint density at radius 3 is 2.45 bits per heavy atom. The highest BCUT2D eigenvalue weighted by atomic mass is 16.5. The fourth-order valence-corrected chi connectivity index (χ4v) is 5.21. The van der Waals surface area contributed by atoms with Crippen molar-refractivity contribution in [1.29, 1.82) is 0 Å². The number of hydrogen-bond acceptors (Lipinski definition) is 5. The summed E-state index contributed by atoms with van der Waals surface area (Å²) >= 11 is 0. The van der Waals surface area contributed by atoms with Gasteiger partial charge in [0.25, 0.3) is 5.91 Å². The Balaban J connectivity index is 2.09. The highest BCUT2D eigenvalue weighted by Crippen LogP contribution is 2.49. The molecular formula is C24H34N2O5. The second-order valence-electron chi connectivity index (χ2n) is 8.89. The number of benzene rings is 1. The van der Waals surface area contributed by atoms with Crippen LogP contribution in [0.1, 0.15) is 67.8 Å². The second-order valence-corrected chi connectivity index (χ2v) is 8.89. The summed E-state index contributed by atoms with van der Waals surface area (Å²) in [5.74, 6) is -1.41. The van der Waals surface area contributed by atoms with Gasteiger partial charge in [-0.25, -0.2) is 4.79 Å². The standard InChI is InChI=1S/C24H34N2O5/c1-16(2)20(23(29)31-4)25-21(27)19-17-10-6-7-11-18(17)22(28)26(14-15-30-3)24(19)12-8-5-9-13-24/h6-7,10-11,16,19-20H,5,8-9,12-15H2,1-4H3,(H,25,27)/t19?,20-/m0/s1. The molecule has 1 heterocycles. The number of ether oxygens (including phenoxy) is 2. The Morgan fingerprint density at radius 1 is 1.16 bits per heavy atom. The summed E-state index contributed by atoms with van der Waals surface area (Å²) in [6, 6.07) is 6.62. The molecule has 0 saturated heterocycles. The molecule has 1 fully saturated rings. The maximum atomic E-state index is 13.8. The first kappa shape index (κ1) is 23.3. The number of carbonyl (C=O) groups is 3. The number of hydrogen-bond donors (Lipinski definition) is 1. The van der Waals surface area contributed by atoms with Crippen LogP contribution in [-0.2, 0) is 19.1 Å². The lowest BCUT2D eigenvalue weighted by atomic mass is 9.65. The van der Waals surface area contributed by atoms with Crippen LogP contribution in [0.2, 0.25) is 0 Å². The quantitative estimate of drug-likeness (QED) is 0.673. The third kappa shape index (κ3) is 4.33. The SMILES string of the molecule is COCCN1C(=O)c2ccccc2C(C(=O)N[C@H](C(=O)OC)C(C)C)C12CCCCC2. The fraction of sp³-hybridized carbons (Fsp3) is 0.625. The first-order valence-corrected chi connectivity index (χ1v) is 11.2. The summed E-state index contributed by atoms with van der Waals surface area (Å²) in [5.41, 5.74) is 0.672. The van der Waals surface area contributed by atoms with Gasteiger partial charge in [-0.2, -0.15) is 0 Å². The smallest absolute Gasteiger partial charge is 0.328 e. The molecule has 2 atom stereocenters. The Bertz CT molecular complexity index is 816. The van der Waals surface area contributed by atoms with E-state index in [1.807, 2.05) is 36.9 Å². The van der Waals surface area contributed by atoms with Crippen molar-refractivity contribution < 1.29 is 23.9 Å². The molecule has 3 rings (SSSR count). The molecule has 31 heavy (non-hydrogen) atoms. The van der Waals surface area contributed by atoms with E-state index in [4.69, 9.17) is 9.47 Å². The summed E-state index contributed by atoms with van der Waals surface area (Å²) in [4.78, 5) is 41.5. The zero-order valence-electron chi connectivity index (χ0n) is 19.0. The highest BCUT2D eigenvalue weighted by molar-refractivity contribution is 6.02. The van der Waals surface area contributed by atoms with Gasteiger partial charge in [0.2, 0.25) is 5.91 Å². The van der Waals surface area contributed by atoms with E-state index >= 15 is 0 Å². The molecular weight excluding hydrogens is 396 g/mol. The number of fused-ring (bicyclic) bond motifs is 1. The summed E-state index contributed by atoms with van der Waals surface area (Å²) in [7, 11) is 2.94. The van der Waals surface area contributed by atoms with Crippen LogP contribution in [0, 0.1) is 5.92 Å². The summed E-state index contributed by atoms with van der Waals surface area (Å²) in [6.07, 6.45) is 4.49. The van der Waals surface area contributed by atoms with E-state index in [-0.39, 0.29) is 17.7 Å². The van der Waals surface area contributed by atoms with Crippen LogP contribution in [0.15, 0.2) is 24.3 Å². The van der Waals surface area contributed by atoms with Gasteiger partial charge < -0.3 is 19.7 Å².